The lowest BCUT2D eigenvalue weighted by Gasteiger charge is -2.32. The van der Waals surface area contributed by atoms with Gasteiger partial charge in [0.25, 0.3) is 5.91 Å². The van der Waals surface area contributed by atoms with Crippen molar-refractivity contribution in [2.75, 3.05) is 61.4 Å². The largest absolute Gasteiger partial charge is 0.493 e. The maximum Gasteiger partial charge on any atom is 0.414 e. The molecule has 2 amide bonds. The van der Waals surface area contributed by atoms with Crippen LogP contribution in [-0.4, -0.2) is 87.5 Å². The first-order valence-corrected chi connectivity index (χ1v) is 24.3. The highest BCUT2D eigenvalue weighted by atomic mass is 33.1. The summed E-state index contributed by atoms with van der Waals surface area (Å²) in [6.07, 6.45) is 3.87. The maximum absolute atomic E-state index is 14.3. The van der Waals surface area contributed by atoms with E-state index in [1.54, 1.807) is 55.7 Å². The molecule has 2 aliphatic heterocycles. The minimum atomic E-state index is -0.564. The van der Waals surface area contributed by atoms with E-state index in [1.807, 2.05) is 61.6 Å². The number of hydrogen-bond donors (Lipinski definition) is 0. The van der Waals surface area contributed by atoms with Gasteiger partial charge < -0.3 is 33.5 Å². The van der Waals surface area contributed by atoms with Crippen molar-refractivity contribution in [1.29, 1.82) is 0 Å². The molecule has 0 N–H and O–H groups in total. The van der Waals surface area contributed by atoms with Crippen molar-refractivity contribution in [2.24, 2.45) is 4.99 Å². The second kappa shape index (κ2) is 21.9. The Bertz CT molecular complexity index is 2550. The number of ether oxygens (including phenoxy) is 5. The summed E-state index contributed by atoms with van der Waals surface area (Å²) >= 11 is 0. The Balaban J connectivity index is 1.08. The van der Waals surface area contributed by atoms with Crippen molar-refractivity contribution in [1.82, 2.24) is 4.98 Å². The molecule has 1 aromatic heterocycles. The van der Waals surface area contributed by atoms with Crippen molar-refractivity contribution in [3.63, 3.8) is 0 Å². The van der Waals surface area contributed by atoms with Crippen LogP contribution >= 0.6 is 21.6 Å². The number of benzene rings is 4. The standard InChI is InChI=1S/C51H57N5O8S2/c1-8-9-23-65-66-51(2,3)33-64-50(59)56(29-39-24-35-16-11-12-19-42(35)54(39)5)44-28-48(45(60-6)25-36(44)30-57)63-32-38-18-14-17-37(53-38)31-62-47-27-41(52-4)40(26-46(47)61-7)49(58)55-22-21-34-15-10-13-20-43(34)55/h10-20,25-28,30,39H,4,8-9,21-24,29,31-33H2,1-3,5-7H3. The van der Waals surface area contributed by atoms with Crippen LogP contribution in [0, 0.1) is 0 Å². The molecule has 0 saturated heterocycles. The third-order valence-electron chi connectivity index (χ3n) is 11.6. The molecule has 7 rings (SSSR count). The Hall–Kier alpha value is -6.19. The van der Waals surface area contributed by atoms with Gasteiger partial charge in [0.05, 0.1) is 53.3 Å². The highest BCUT2D eigenvalue weighted by molar-refractivity contribution is 8.77. The molecule has 0 saturated carbocycles. The topological polar surface area (TPSA) is 132 Å². The molecule has 13 nitrogen and oxygen atoms in total. The van der Waals surface area contributed by atoms with Crippen LogP contribution in [-0.2, 0) is 30.8 Å². The van der Waals surface area contributed by atoms with E-state index in [-0.39, 0.29) is 48.6 Å². The first-order valence-electron chi connectivity index (χ1n) is 22.0. The molecule has 66 heavy (non-hydrogen) atoms. The van der Waals surface area contributed by atoms with Crippen LogP contribution in [0.4, 0.5) is 27.5 Å². The van der Waals surface area contributed by atoms with Crippen molar-refractivity contribution >= 4 is 69.3 Å². The van der Waals surface area contributed by atoms with Gasteiger partial charge in [0.1, 0.15) is 19.8 Å². The molecule has 2 aliphatic rings. The Morgan fingerprint density at radius 3 is 2.23 bits per heavy atom. The number of likely N-dealkylation sites (N-methyl/N-ethyl adjacent to an activating group) is 1. The van der Waals surface area contributed by atoms with E-state index in [0.29, 0.717) is 70.6 Å². The number of aromatic nitrogens is 1. The van der Waals surface area contributed by atoms with Crippen molar-refractivity contribution in [2.45, 2.75) is 70.5 Å². The molecule has 5 aromatic rings. The monoisotopic (exact) mass is 931 g/mol. The molecule has 0 spiro atoms. The van der Waals surface area contributed by atoms with E-state index in [4.69, 9.17) is 28.7 Å². The zero-order chi connectivity index (χ0) is 46.8. The number of amides is 2. The van der Waals surface area contributed by atoms with E-state index in [2.05, 4.69) is 49.5 Å². The predicted molar refractivity (Wildman–Crippen MR) is 265 cm³/mol. The second-order valence-corrected chi connectivity index (χ2v) is 19.8. The Kier molecular flexibility index (Phi) is 15.8. The number of rotatable bonds is 21. The summed E-state index contributed by atoms with van der Waals surface area (Å²) in [6, 6.07) is 28.0. The lowest BCUT2D eigenvalue weighted by molar-refractivity contribution is 0.0989. The number of aldehydes is 1. The fourth-order valence-electron chi connectivity index (χ4n) is 8.00. The fourth-order valence-corrected chi connectivity index (χ4v) is 10.6. The first kappa shape index (κ1) is 47.8. The number of aliphatic imine (C=N–C) groups is 1. The number of anilines is 3. The number of pyridine rings is 1. The minimum absolute atomic E-state index is 0.0284. The van der Waals surface area contributed by atoms with Crippen LogP contribution in [0.1, 0.15) is 76.8 Å². The van der Waals surface area contributed by atoms with Gasteiger partial charge in [-0.15, -0.1) is 0 Å². The van der Waals surface area contributed by atoms with Gasteiger partial charge in [-0.1, -0.05) is 77.4 Å². The predicted octanol–water partition coefficient (Wildman–Crippen LogP) is 10.6. The highest BCUT2D eigenvalue weighted by Crippen LogP contribution is 2.41. The molecule has 346 valence electrons. The van der Waals surface area contributed by atoms with Gasteiger partial charge in [-0.05, 0) is 87.4 Å². The fraction of sp³-hybridized carbons (Fsp3) is 0.353. The number of unbranched alkanes of at least 4 members (excludes halogenated alkanes) is 1. The summed E-state index contributed by atoms with van der Waals surface area (Å²) in [4.78, 5) is 55.3. The molecular formula is C51H57N5O8S2. The molecule has 0 fully saturated rings. The molecule has 3 heterocycles. The van der Waals surface area contributed by atoms with Gasteiger partial charge >= 0.3 is 6.09 Å². The van der Waals surface area contributed by atoms with Gasteiger partial charge in [0.2, 0.25) is 0 Å². The lowest BCUT2D eigenvalue weighted by atomic mass is 10.1. The van der Waals surface area contributed by atoms with E-state index in [0.717, 1.165) is 42.0 Å². The molecule has 4 aromatic carbocycles. The van der Waals surface area contributed by atoms with Gasteiger partial charge in [-0.2, -0.15) is 0 Å². The lowest BCUT2D eigenvalue weighted by Crippen LogP contribution is -2.45. The summed E-state index contributed by atoms with van der Waals surface area (Å²) in [5, 5.41) is 0. The number of carbonyl (C=O) groups excluding carboxylic acids is 3. The molecular weight excluding hydrogens is 875 g/mol. The second-order valence-electron chi connectivity index (χ2n) is 16.7. The van der Waals surface area contributed by atoms with Crippen LogP contribution in [0.3, 0.4) is 0 Å². The summed E-state index contributed by atoms with van der Waals surface area (Å²) < 4.78 is 29.7. The van der Waals surface area contributed by atoms with Crippen LogP contribution in [0.2, 0.25) is 0 Å². The van der Waals surface area contributed by atoms with Crippen LogP contribution in [0.25, 0.3) is 0 Å². The number of carbonyl (C=O) groups is 3. The van der Waals surface area contributed by atoms with Gasteiger partial charge in [0, 0.05) is 55.0 Å². The van der Waals surface area contributed by atoms with Crippen LogP contribution in [0.5, 0.6) is 23.0 Å². The molecule has 0 radical (unpaired) electrons. The summed E-state index contributed by atoms with van der Waals surface area (Å²) in [5.41, 5.74) is 6.78. The molecule has 1 atom stereocenters. The number of methoxy groups -OCH3 is 2. The van der Waals surface area contributed by atoms with E-state index in [9.17, 15) is 14.4 Å². The SMILES string of the molecule is C=Nc1cc(OCc2cccc(COc3cc(N(CC4Cc5ccccc5N4C)C(=O)OCC(C)(C)SSCCCC)c(C=O)cc3OC)n2)c(OC)cc1C(=O)N1CCc2ccccc21. The Morgan fingerprint density at radius 1 is 0.894 bits per heavy atom. The number of para-hydroxylation sites is 2. The Morgan fingerprint density at radius 2 is 1.56 bits per heavy atom. The maximum atomic E-state index is 14.3. The van der Waals surface area contributed by atoms with E-state index >= 15 is 0 Å². The highest BCUT2D eigenvalue weighted by Gasteiger charge is 2.34. The average Bonchev–Trinajstić information content (AvgIpc) is 3.92. The summed E-state index contributed by atoms with van der Waals surface area (Å²) in [5.74, 6) is 2.19. The molecule has 0 bridgehead atoms. The average molecular weight is 932 g/mol. The Labute approximate surface area is 395 Å². The minimum Gasteiger partial charge on any atom is -0.493 e. The first-order chi connectivity index (χ1) is 32.0. The molecule has 0 aliphatic carbocycles. The van der Waals surface area contributed by atoms with Crippen LogP contribution < -0.4 is 33.6 Å². The third-order valence-corrected chi connectivity index (χ3v) is 14.9. The van der Waals surface area contributed by atoms with Crippen LogP contribution in [0.15, 0.2) is 96.0 Å². The van der Waals surface area contributed by atoms with Crippen molar-refractivity contribution in [3.8, 4) is 23.0 Å². The number of hydrogen-bond acceptors (Lipinski definition) is 13. The third kappa shape index (κ3) is 11.1. The number of nitrogens with zero attached hydrogens (tertiary/aromatic N) is 5. The zero-order valence-corrected chi connectivity index (χ0v) is 40.0. The number of fused-ring (bicyclic) bond motifs is 2. The summed E-state index contributed by atoms with van der Waals surface area (Å²) in [6.45, 7) is 11.1. The van der Waals surface area contributed by atoms with E-state index < -0.39 is 6.09 Å². The van der Waals surface area contributed by atoms with Gasteiger partial charge in [-0.25, -0.2) is 4.79 Å². The van der Waals surface area contributed by atoms with Gasteiger partial charge in [0.15, 0.2) is 29.3 Å². The zero-order valence-electron chi connectivity index (χ0n) is 38.4. The van der Waals surface area contributed by atoms with Gasteiger partial charge in [-0.3, -0.25) is 24.5 Å². The smallest absolute Gasteiger partial charge is 0.414 e. The van der Waals surface area contributed by atoms with Crippen molar-refractivity contribution < 1.29 is 38.1 Å². The normalized spacial score (nSPS) is 14.0. The summed E-state index contributed by atoms with van der Waals surface area (Å²) in [7, 11) is 8.51. The molecule has 1 unspecified atom stereocenters. The molecule has 15 heteroatoms. The van der Waals surface area contributed by atoms with Crippen molar-refractivity contribution in [3.05, 3.63) is 125 Å². The van der Waals surface area contributed by atoms with E-state index in [1.165, 1.54) is 19.8 Å². The quantitative estimate of drug-likeness (QED) is 0.0300.